The van der Waals surface area contributed by atoms with Crippen molar-refractivity contribution in [2.75, 3.05) is 13.3 Å². The van der Waals surface area contributed by atoms with Crippen molar-refractivity contribution >= 4 is 20.2 Å². The molecule has 0 saturated heterocycles. The quantitative estimate of drug-likeness (QED) is 0.503. The highest BCUT2D eigenvalue weighted by molar-refractivity contribution is 7.16. The number of unbranched alkanes of at least 4 members (excludes halogenated alkanes) is 1. The average Bonchev–Trinajstić information content (AvgIpc) is 2.65. The Morgan fingerprint density at radius 2 is 1.81 bits per heavy atom. The van der Waals surface area contributed by atoms with Gasteiger partial charge < -0.3 is 19.4 Å². The van der Waals surface area contributed by atoms with Crippen molar-refractivity contribution in [3.05, 3.63) is 52.2 Å². The third kappa shape index (κ3) is 3.40. The van der Waals surface area contributed by atoms with Crippen molar-refractivity contribution in [3.8, 4) is 28.6 Å². The molecule has 3 rings (SSSR count). The van der Waals surface area contributed by atoms with Crippen molar-refractivity contribution in [2.45, 2.75) is 19.3 Å². The summed E-state index contributed by atoms with van der Waals surface area (Å²) in [6.07, 6.45) is 4.32. The lowest BCUT2D eigenvalue weighted by Crippen LogP contribution is -2.03. The number of hydrogen-bond acceptors (Lipinski definition) is 5. The molecule has 0 fully saturated rings. The maximum absolute atomic E-state index is 12.5. The zero-order valence-electron chi connectivity index (χ0n) is 14.5. The van der Waals surface area contributed by atoms with E-state index in [2.05, 4.69) is 9.24 Å². The van der Waals surface area contributed by atoms with Crippen molar-refractivity contribution in [2.24, 2.45) is 0 Å². The molecule has 0 spiro atoms. The first-order chi connectivity index (χ1) is 12.6. The van der Waals surface area contributed by atoms with Crippen LogP contribution in [0, 0.1) is 0 Å². The number of hydrogen-bond donors (Lipinski definition) is 2. The summed E-state index contributed by atoms with van der Waals surface area (Å²) in [5, 5.41) is 20.4. The minimum absolute atomic E-state index is 0.0582. The zero-order valence-corrected chi connectivity index (χ0v) is 15.6. The van der Waals surface area contributed by atoms with E-state index < -0.39 is 11.2 Å². The van der Waals surface area contributed by atoms with Crippen molar-refractivity contribution in [1.82, 2.24) is 0 Å². The van der Waals surface area contributed by atoms with Crippen molar-refractivity contribution < 1.29 is 19.4 Å². The van der Waals surface area contributed by atoms with Gasteiger partial charge in [0.15, 0.2) is 17.1 Å². The normalized spacial score (nSPS) is 11.0. The van der Waals surface area contributed by atoms with Gasteiger partial charge in [-0.2, -0.15) is 0 Å². The number of aromatic hydroxyl groups is 2. The van der Waals surface area contributed by atoms with Crippen LogP contribution in [0.4, 0.5) is 0 Å². The Balaban J connectivity index is 2.07. The molecule has 0 bridgehead atoms. The first-order valence-electron chi connectivity index (χ1n) is 8.42. The van der Waals surface area contributed by atoms with Gasteiger partial charge in [-0.25, -0.2) is 0 Å². The predicted octanol–water partition coefficient (Wildman–Crippen LogP) is 4.08. The van der Waals surface area contributed by atoms with Crippen LogP contribution >= 0.6 is 9.24 Å². The maximum Gasteiger partial charge on any atom is 0.235 e. The van der Waals surface area contributed by atoms with Crippen LogP contribution in [0.25, 0.3) is 22.3 Å². The minimum Gasteiger partial charge on any atom is -0.504 e. The largest absolute Gasteiger partial charge is 0.504 e. The number of aryl methyl sites for hydroxylation is 1. The Morgan fingerprint density at radius 1 is 1.08 bits per heavy atom. The van der Waals surface area contributed by atoms with Crippen LogP contribution in [0.2, 0.25) is 0 Å². The molecular weight excluding hydrogens is 351 g/mol. The monoisotopic (exact) mass is 372 g/mol. The van der Waals surface area contributed by atoms with Gasteiger partial charge in [0.05, 0.1) is 12.5 Å². The molecule has 1 heterocycles. The molecule has 0 aliphatic carbocycles. The molecule has 2 N–H and O–H groups in total. The second-order valence-corrected chi connectivity index (χ2v) is 6.62. The highest BCUT2D eigenvalue weighted by atomic mass is 31.0. The van der Waals surface area contributed by atoms with Gasteiger partial charge >= 0.3 is 0 Å². The average molecular weight is 372 g/mol. The highest BCUT2D eigenvalue weighted by Crippen LogP contribution is 2.38. The molecule has 1 aromatic heterocycles. The van der Waals surface area contributed by atoms with E-state index in [-0.39, 0.29) is 28.2 Å². The van der Waals surface area contributed by atoms with Gasteiger partial charge in [0.2, 0.25) is 16.9 Å². The van der Waals surface area contributed by atoms with E-state index in [0.717, 1.165) is 25.4 Å². The lowest BCUT2D eigenvalue weighted by atomic mass is 10.0. The molecule has 0 amide bonds. The SMILES string of the molecule is COc1c(O)ccc2c(=O)c(O)c(-c3ccc(CCCCP)cc3)oc12. The molecule has 136 valence electrons. The molecule has 0 radical (unpaired) electrons. The summed E-state index contributed by atoms with van der Waals surface area (Å²) in [4.78, 5) is 12.5. The highest BCUT2D eigenvalue weighted by Gasteiger charge is 2.19. The number of fused-ring (bicyclic) bond motifs is 1. The molecule has 0 saturated carbocycles. The zero-order chi connectivity index (χ0) is 18.7. The van der Waals surface area contributed by atoms with Crippen LogP contribution in [0.1, 0.15) is 18.4 Å². The van der Waals surface area contributed by atoms with Crippen molar-refractivity contribution in [3.63, 3.8) is 0 Å². The topological polar surface area (TPSA) is 79.9 Å². The Kier molecular flexibility index (Phi) is 5.48. The molecule has 1 atom stereocenters. The molecule has 1 unspecified atom stereocenters. The van der Waals surface area contributed by atoms with E-state index in [0.29, 0.717) is 5.56 Å². The van der Waals surface area contributed by atoms with Crippen LogP contribution in [-0.4, -0.2) is 23.5 Å². The Bertz CT molecular complexity index is 976. The summed E-state index contributed by atoms with van der Waals surface area (Å²) >= 11 is 0. The maximum atomic E-state index is 12.5. The van der Waals surface area contributed by atoms with Crippen LogP contribution < -0.4 is 10.2 Å². The number of phenolic OH excluding ortho intramolecular Hbond substituents is 1. The van der Waals surface area contributed by atoms with E-state index in [1.165, 1.54) is 24.8 Å². The molecule has 2 aromatic carbocycles. The Labute approximate surface area is 153 Å². The molecular formula is C20H21O5P. The Morgan fingerprint density at radius 3 is 2.46 bits per heavy atom. The fourth-order valence-corrected chi connectivity index (χ4v) is 3.19. The third-order valence-corrected chi connectivity index (χ3v) is 4.72. The van der Waals surface area contributed by atoms with Gasteiger partial charge in [-0.3, -0.25) is 4.79 Å². The van der Waals surface area contributed by atoms with Crippen LogP contribution in [0.3, 0.4) is 0 Å². The van der Waals surface area contributed by atoms with Gasteiger partial charge in [0.25, 0.3) is 0 Å². The first kappa shape index (κ1) is 18.3. The molecule has 5 nitrogen and oxygen atoms in total. The standard InChI is InChI=1S/C20H21O5P/c1-24-20-15(21)10-9-14-16(22)17(23)18(25-19(14)20)13-7-5-12(6-8-13)4-2-3-11-26/h5-10,21,23H,2-4,11,26H2,1H3. The number of benzene rings is 2. The van der Waals surface area contributed by atoms with Gasteiger partial charge in [0.1, 0.15) is 0 Å². The molecule has 26 heavy (non-hydrogen) atoms. The smallest absolute Gasteiger partial charge is 0.235 e. The number of rotatable bonds is 6. The fourth-order valence-electron chi connectivity index (χ4n) is 2.90. The van der Waals surface area contributed by atoms with E-state index in [4.69, 9.17) is 9.15 Å². The van der Waals surface area contributed by atoms with Crippen molar-refractivity contribution in [1.29, 1.82) is 0 Å². The van der Waals surface area contributed by atoms with Gasteiger partial charge in [0, 0.05) is 5.56 Å². The summed E-state index contributed by atoms with van der Waals surface area (Å²) in [6.45, 7) is 0. The second-order valence-electron chi connectivity index (χ2n) is 6.05. The molecule has 0 aliphatic rings. The minimum atomic E-state index is -0.566. The van der Waals surface area contributed by atoms with Crippen LogP contribution in [0.5, 0.6) is 17.2 Å². The predicted molar refractivity (Wildman–Crippen MR) is 105 cm³/mol. The summed E-state index contributed by atoms with van der Waals surface area (Å²) in [7, 11) is 4.10. The third-order valence-electron chi connectivity index (χ3n) is 4.31. The number of ether oxygens (including phenoxy) is 1. The van der Waals surface area contributed by atoms with E-state index >= 15 is 0 Å². The van der Waals surface area contributed by atoms with Crippen LogP contribution in [0.15, 0.2) is 45.6 Å². The van der Waals surface area contributed by atoms with Gasteiger partial charge in [-0.05, 0) is 43.1 Å². The molecule has 6 heteroatoms. The van der Waals surface area contributed by atoms with Crippen LogP contribution in [-0.2, 0) is 6.42 Å². The summed E-state index contributed by atoms with van der Waals surface area (Å²) in [6, 6.07) is 10.3. The Hall–Kier alpha value is -2.52. The number of phenols is 1. The molecule has 3 aromatic rings. The van der Waals surface area contributed by atoms with E-state index in [9.17, 15) is 15.0 Å². The lowest BCUT2D eigenvalue weighted by molar-refractivity contribution is 0.369. The fraction of sp³-hybridized carbons (Fsp3) is 0.250. The van der Waals surface area contributed by atoms with E-state index in [1.54, 1.807) is 0 Å². The lowest BCUT2D eigenvalue weighted by Gasteiger charge is -2.10. The summed E-state index contributed by atoms with van der Waals surface area (Å²) < 4.78 is 10.9. The number of methoxy groups -OCH3 is 1. The second kappa shape index (κ2) is 7.79. The van der Waals surface area contributed by atoms with Gasteiger partial charge in [-0.1, -0.05) is 24.3 Å². The van der Waals surface area contributed by atoms with E-state index in [1.807, 2.05) is 24.3 Å². The molecule has 0 aliphatic heterocycles. The van der Waals surface area contributed by atoms with Gasteiger partial charge in [-0.15, -0.1) is 9.24 Å². The summed E-state index contributed by atoms with van der Waals surface area (Å²) in [5.74, 6) is -0.469. The summed E-state index contributed by atoms with van der Waals surface area (Å²) in [5.41, 5.74) is 1.31. The first-order valence-corrected chi connectivity index (χ1v) is 9.23.